The van der Waals surface area contributed by atoms with Crippen LogP contribution in [-0.2, 0) is 16.6 Å². The maximum absolute atomic E-state index is 12.3. The lowest BCUT2D eigenvalue weighted by Gasteiger charge is -2.09. The summed E-state index contributed by atoms with van der Waals surface area (Å²) in [6.45, 7) is 2.06. The molecular formula is C13H12Br2N2O2S. The minimum atomic E-state index is -3.58. The molecule has 0 spiro atoms. The minimum Gasteiger partial charge on any atom is -0.260 e. The summed E-state index contributed by atoms with van der Waals surface area (Å²) in [5.74, 6) is 0. The van der Waals surface area contributed by atoms with Crippen molar-refractivity contribution in [3.8, 4) is 0 Å². The SMILES string of the molecule is Cc1cccnc1CNS(=O)(=O)c1ccc(Br)cc1Br. The Morgan fingerprint density at radius 1 is 1.25 bits per heavy atom. The van der Waals surface area contributed by atoms with E-state index in [0.29, 0.717) is 10.2 Å². The van der Waals surface area contributed by atoms with E-state index >= 15 is 0 Å². The van der Waals surface area contributed by atoms with E-state index in [2.05, 4.69) is 41.6 Å². The molecule has 0 atom stereocenters. The molecule has 1 aromatic carbocycles. The summed E-state index contributed by atoms with van der Waals surface area (Å²) in [7, 11) is -3.58. The molecule has 106 valence electrons. The number of pyridine rings is 1. The normalized spacial score (nSPS) is 11.6. The van der Waals surface area contributed by atoms with Crippen LogP contribution in [0.4, 0.5) is 0 Å². The molecule has 0 unspecified atom stereocenters. The van der Waals surface area contributed by atoms with Crippen molar-refractivity contribution in [2.75, 3.05) is 0 Å². The quantitative estimate of drug-likeness (QED) is 0.826. The van der Waals surface area contributed by atoms with Crippen LogP contribution in [0.3, 0.4) is 0 Å². The van der Waals surface area contributed by atoms with Crippen LogP contribution in [-0.4, -0.2) is 13.4 Å². The summed E-state index contributed by atoms with van der Waals surface area (Å²) in [5.41, 5.74) is 1.66. The number of aryl methyl sites for hydroxylation is 1. The van der Waals surface area contributed by atoms with Gasteiger partial charge in [0.2, 0.25) is 10.0 Å². The van der Waals surface area contributed by atoms with Crippen LogP contribution in [0.1, 0.15) is 11.3 Å². The van der Waals surface area contributed by atoms with E-state index in [4.69, 9.17) is 0 Å². The fraction of sp³-hybridized carbons (Fsp3) is 0.154. The molecule has 4 nitrogen and oxygen atoms in total. The molecule has 0 amide bonds. The Labute approximate surface area is 134 Å². The molecule has 0 saturated carbocycles. The van der Waals surface area contributed by atoms with Crippen molar-refractivity contribution in [1.29, 1.82) is 0 Å². The standard InChI is InChI=1S/C13H12Br2N2O2S/c1-9-3-2-6-16-12(9)8-17-20(18,19)13-5-4-10(14)7-11(13)15/h2-7,17H,8H2,1H3. The van der Waals surface area contributed by atoms with Crippen LogP contribution in [0, 0.1) is 6.92 Å². The molecule has 1 heterocycles. The number of benzene rings is 1. The summed E-state index contributed by atoms with van der Waals surface area (Å²) in [5, 5.41) is 0. The van der Waals surface area contributed by atoms with Crippen molar-refractivity contribution in [2.45, 2.75) is 18.4 Å². The molecule has 0 bridgehead atoms. The number of sulfonamides is 1. The van der Waals surface area contributed by atoms with Gasteiger partial charge in [-0.3, -0.25) is 4.98 Å². The topological polar surface area (TPSA) is 59.1 Å². The van der Waals surface area contributed by atoms with Crippen molar-refractivity contribution in [1.82, 2.24) is 9.71 Å². The Balaban J connectivity index is 2.22. The van der Waals surface area contributed by atoms with E-state index < -0.39 is 10.0 Å². The largest absolute Gasteiger partial charge is 0.260 e. The molecule has 0 fully saturated rings. The van der Waals surface area contributed by atoms with Gasteiger partial charge in [-0.15, -0.1) is 0 Å². The van der Waals surface area contributed by atoms with Crippen LogP contribution < -0.4 is 4.72 Å². The van der Waals surface area contributed by atoms with E-state index in [1.54, 1.807) is 24.4 Å². The molecule has 0 aliphatic heterocycles. The molecule has 1 aromatic heterocycles. The van der Waals surface area contributed by atoms with Gasteiger partial charge in [0, 0.05) is 15.1 Å². The van der Waals surface area contributed by atoms with Gasteiger partial charge < -0.3 is 0 Å². The van der Waals surface area contributed by atoms with Crippen LogP contribution in [0.5, 0.6) is 0 Å². The second kappa shape index (κ2) is 6.34. The first-order chi connectivity index (χ1) is 9.40. The Kier molecular flexibility index (Phi) is 4.95. The summed E-state index contributed by atoms with van der Waals surface area (Å²) in [6.07, 6.45) is 1.65. The second-order valence-corrected chi connectivity index (χ2v) is 7.67. The van der Waals surface area contributed by atoms with Gasteiger partial charge >= 0.3 is 0 Å². The van der Waals surface area contributed by atoms with Gasteiger partial charge in [-0.05, 0) is 52.7 Å². The number of rotatable bonds is 4. The second-order valence-electron chi connectivity index (χ2n) is 4.17. The summed E-state index contributed by atoms with van der Waals surface area (Å²) < 4.78 is 28.4. The molecule has 0 aliphatic rings. The molecule has 0 saturated heterocycles. The number of aromatic nitrogens is 1. The Morgan fingerprint density at radius 3 is 2.65 bits per heavy atom. The summed E-state index contributed by atoms with van der Waals surface area (Å²) in [6, 6.07) is 8.64. The smallest absolute Gasteiger partial charge is 0.242 e. The zero-order valence-electron chi connectivity index (χ0n) is 10.6. The number of hydrogen-bond acceptors (Lipinski definition) is 3. The van der Waals surface area contributed by atoms with E-state index in [-0.39, 0.29) is 11.4 Å². The Bertz CT molecular complexity index is 733. The van der Waals surface area contributed by atoms with Gasteiger partial charge in [0.15, 0.2) is 0 Å². The van der Waals surface area contributed by atoms with Crippen molar-refractivity contribution in [3.63, 3.8) is 0 Å². The third-order valence-electron chi connectivity index (χ3n) is 2.73. The van der Waals surface area contributed by atoms with Crippen LogP contribution in [0.2, 0.25) is 0 Å². The van der Waals surface area contributed by atoms with Gasteiger partial charge in [-0.2, -0.15) is 0 Å². The third kappa shape index (κ3) is 3.66. The Hall–Kier alpha value is -0.760. The van der Waals surface area contributed by atoms with Crippen molar-refractivity contribution >= 4 is 41.9 Å². The first-order valence-electron chi connectivity index (χ1n) is 5.75. The van der Waals surface area contributed by atoms with Crippen molar-refractivity contribution in [3.05, 3.63) is 56.7 Å². The average Bonchev–Trinajstić information content (AvgIpc) is 2.37. The minimum absolute atomic E-state index is 0.164. The number of nitrogens with zero attached hydrogens (tertiary/aromatic N) is 1. The highest BCUT2D eigenvalue weighted by Crippen LogP contribution is 2.25. The zero-order valence-corrected chi connectivity index (χ0v) is 14.6. The zero-order chi connectivity index (χ0) is 14.8. The molecular weight excluding hydrogens is 408 g/mol. The molecule has 7 heteroatoms. The van der Waals surface area contributed by atoms with E-state index in [9.17, 15) is 8.42 Å². The Morgan fingerprint density at radius 2 is 2.00 bits per heavy atom. The first-order valence-corrected chi connectivity index (χ1v) is 8.82. The number of hydrogen-bond donors (Lipinski definition) is 1. The van der Waals surface area contributed by atoms with Crippen molar-refractivity contribution in [2.24, 2.45) is 0 Å². The molecule has 20 heavy (non-hydrogen) atoms. The predicted molar refractivity (Wildman–Crippen MR) is 84.8 cm³/mol. The third-order valence-corrected chi connectivity index (χ3v) is 5.60. The lowest BCUT2D eigenvalue weighted by Crippen LogP contribution is -2.24. The van der Waals surface area contributed by atoms with Gasteiger partial charge in [-0.25, -0.2) is 13.1 Å². The fourth-order valence-corrected chi connectivity index (χ4v) is 4.37. The monoisotopic (exact) mass is 418 g/mol. The molecule has 0 radical (unpaired) electrons. The average molecular weight is 420 g/mol. The molecule has 1 N–H and O–H groups in total. The molecule has 0 aliphatic carbocycles. The van der Waals surface area contributed by atoms with Gasteiger partial charge in [0.1, 0.15) is 0 Å². The van der Waals surface area contributed by atoms with Crippen molar-refractivity contribution < 1.29 is 8.42 Å². The van der Waals surface area contributed by atoms with Gasteiger partial charge in [-0.1, -0.05) is 22.0 Å². The number of halogens is 2. The highest BCUT2D eigenvalue weighted by molar-refractivity contribution is 9.11. The predicted octanol–water partition coefficient (Wildman–Crippen LogP) is 3.39. The fourth-order valence-electron chi connectivity index (χ4n) is 1.64. The highest BCUT2D eigenvalue weighted by Gasteiger charge is 2.17. The van der Waals surface area contributed by atoms with Crippen LogP contribution >= 0.6 is 31.9 Å². The van der Waals surface area contributed by atoms with Gasteiger partial charge in [0.25, 0.3) is 0 Å². The molecule has 2 aromatic rings. The maximum Gasteiger partial charge on any atom is 0.242 e. The van der Waals surface area contributed by atoms with Gasteiger partial charge in [0.05, 0.1) is 17.1 Å². The van der Waals surface area contributed by atoms with E-state index in [0.717, 1.165) is 10.0 Å². The van der Waals surface area contributed by atoms with E-state index in [1.807, 2.05) is 19.1 Å². The van der Waals surface area contributed by atoms with Crippen LogP contribution in [0.15, 0.2) is 50.4 Å². The highest BCUT2D eigenvalue weighted by atomic mass is 79.9. The first kappa shape index (κ1) is 15.6. The van der Waals surface area contributed by atoms with E-state index in [1.165, 1.54) is 0 Å². The molecule has 2 rings (SSSR count). The summed E-state index contributed by atoms with van der Waals surface area (Å²) in [4.78, 5) is 4.37. The van der Waals surface area contributed by atoms with Crippen LogP contribution in [0.25, 0.3) is 0 Å². The maximum atomic E-state index is 12.3. The number of nitrogens with one attached hydrogen (secondary N) is 1. The lowest BCUT2D eigenvalue weighted by atomic mass is 10.2. The lowest BCUT2D eigenvalue weighted by molar-refractivity contribution is 0.579. The summed E-state index contributed by atoms with van der Waals surface area (Å²) >= 11 is 6.55.